The van der Waals surface area contributed by atoms with E-state index < -0.39 is 17.4 Å². The van der Waals surface area contributed by atoms with E-state index in [2.05, 4.69) is 4.74 Å². The van der Waals surface area contributed by atoms with E-state index in [1.807, 2.05) is 0 Å². The van der Waals surface area contributed by atoms with Crippen molar-refractivity contribution in [1.29, 1.82) is 0 Å². The van der Waals surface area contributed by atoms with Crippen LogP contribution in [0.3, 0.4) is 0 Å². The quantitative estimate of drug-likeness (QED) is 0.514. The van der Waals surface area contributed by atoms with Crippen molar-refractivity contribution in [3.8, 4) is 0 Å². The van der Waals surface area contributed by atoms with Crippen LogP contribution in [-0.4, -0.2) is 42.8 Å². The summed E-state index contributed by atoms with van der Waals surface area (Å²) in [6.07, 6.45) is 1.17. The summed E-state index contributed by atoms with van der Waals surface area (Å²) in [5.74, 6) is -0.880. The van der Waals surface area contributed by atoms with Crippen molar-refractivity contribution >= 4 is 17.7 Å². The van der Waals surface area contributed by atoms with Crippen LogP contribution in [-0.2, 0) is 19.1 Å². The van der Waals surface area contributed by atoms with E-state index in [0.29, 0.717) is 12.8 Å². The molecule has 90 valence electrons. The van der Waals surface area contributed by atoms with Crippen LogP contribution in [0.15, 0.2) is 0 Å². The van der Waals surface area contributed by atoms with E-state index in [1.54, 1.807) is 6.92 Å². The number of hydrogen-bond acceptors (Lipinski definition) is 4. The molecule has 0 heterocycles. The third-order valence-corrected chi connectivity index (χ3v) is 3.28. The van der Waals surface area contributed by atoms with Crippen LogP contribution in [0.1, 0.15) is 26.7 Å². The Bertz CT molecular complexity index is 333. The van der Waals surface area contributed by atoms with E-state index in [4.69, 9.17) is 0 Å². The van der Waals surface area contributed by atoms with Crippen LogP contribution in [0.5, 0.6) is 0 Å². The highest BCUT2D eigenvalue weighted by molar-refractivity contribution is 6.08. The van der Waals surface area contributed by atoms with Gasteiger partial charge in [0.15, 0.2) is 0 Å². The summed E-state index contributed by atoms with van der Waals surface area (Å²) in [6.45, 7) is 3.00. The van der Waals surface area contributed by atoms with E-state index in [1.165, 1.54) is 26.0 Å². The highest BCUT2D eigenvalue weighted by Crippen LogP contribution is 2.48. The molecule has 1 aliphatic carbocycles. The molecule has 1 fully saturated rings. The van der Waals surface area contributed by atoms with Crippen LogP contribution in [0.2, 0.25) is 0 Å². The Morgan fingerprint density at radius 1 is 1.31 bits per heavy atom. The van der Waals surface area contributed by atoms with Crippen LogP contribution >= 0.6 is 0 Å². The van der Waals surface area contributed by atoms with Crippen molar-refractivity contribution in [3.05, 3.63) is 0 Å². The summed E-state index contributed by atoms with van der Waals surface area (Å²) >= 11 is 0. The van der Waals surface area contributed by atoms with Gasteiger partial charge >= 0.3 is 5.97 Å². The molecule has 0 aromatic heterocycles. The summed E-state index contributed by atoms with van der Waals surface area (Å²) in [7, 11) is 2.79. The first-order valence-electron chi connectivity index (χ1n) is 5.23. The zero-order valence-corrected chi connectivity index (χ0v) is 10.1. The molecule has 1 rings (SSSR count). The third-order valence-electron chi connectivity index (χ3n) is 3.28. The lowest BCUT2D eigenvalue weighted by molar-refractivity contribution is -0.154. The number of methoxy groups -OCH3 is 1. The minimum Gasteiger partial charge on any atom is -0.467 e. The van der Waals surface area contributed by atoms with Crippen molar-refractivity contribution in [2.75, 3.05) is 14.2 Å². The smallest absolute Gasteiger partial charge is 0.328 e. The fourth-order valence-electron chi connectivity index (χ4n) is 1.68. The molecule has 5 heteroatoms. The lowest BCUT2D eigenvalue weighted by Gasteiger charge is -2.26. The lowest BCUT2D eigenvalue weighted by Crippen LogP contribution is -2.46. The van der Waals surface area contributed by atoms with E-state index >= 15 is 0 Å². The van der Waals surface area contributed by atoms with Gasteiger partial charge in [-0.1, -0.05) is 0 Å². The van der Waals surface area contributed by atoms with E-state index in [0.717, 1.165) is 0 Å². The molecule has 5 nitrogen and oxygen atoms in total. The molecule has 0 bridgehead atoms. The molecule has 0 aromatic carbocycles. The summed E-state index contributed by atoms with van der Waals surface area (Å²) in [5, 5.41) is 0. The summed E-state index contributed by atoms with van der Waals surface area (Å²) < 4.78 is 4.56. The second-order valence-electron chi connectivity index (χ2n) is 4.25. The fraction of sp³-hybridized carbons (Fsp3) is 0.727. The van der Waals surface area contributed by atoms with Crippen LogP contribution < -0.4 is 0 Å². The van der Waals surface area contributed by atoms with Crippen LogP contribution in [0.25, 0.3) is 0 Å². The van der Waals surface area contributed by atoms with Gasteiger partial charge in [-0.25, -0.2) is 4.79 Å². The molecule has 0 unspecified atom stereocenters. The molecule has 1 amide bonds. The molecule has 0 N–H and O–H groups in total. The van der Waals surface area contributed by atoms with Gasteiger partial charge in [0.05, 0.1) is 7.11 Å². The summed E-state index contributed by atoms with van der Waals surface area (Å²) in [6, 6.07) is -0.658. The number of ether oxygens (including phenoxy) is 1. The van der Waals surface area contributed by atoms with E-state index in [-0.39, 0.29) is 11.7 Å². The number of carbonyl (C=O) groups is 3. The zero-order valence-electron chi connectivity index (χ0n) is 10.1. The van der Waals surface area contributed by atoms with Crippen molar-refractivity contribution in [3.63, 3.8) is 0 Å². The predicted octanol–water partition coefficient (Wildman–Crippen LogP) is 0.375. The maximum Gasteiger partial charge on any atom is 0.328 e. The highest BCUT2D eigenvalue weighted by Gasteiger charge is 2.56. The number of hydrogen-bond donors (Lipinski definition) is 0. The van der Waals surface area contributed by atoms with Crippen molar-refractivity contribution < 1.29 is 19.1 Å². The summed E-state index contributed by atoms with van der Waals surface area (Å²) in [4.78, 5) is 36.0. The monoisotopic (exact) mass is 227 g/mol. The second kappa shape index (κ2) is 4.23. The Hall–Kier alpha value is -1.39. The van der Waals surface area contributed by atoms with Gasteiger partial charge in [-0.15, -0.1) is 0 Å². The molecule has 0 saturated heterocycles. The van der Waals surface area contributed by atoms with Crippen LogP contribution in [0.4, 0.5) is 0 Å². The first-order chi connectivity index (χ1) is 7.36. The first kappa shape index (κ1) is 12.7. The van der Waals surface area contributed by atoms with Gasteiger partial charge in [0, 0.05) is 7.05 Å². The average Bonchev–Trinajstić information content (AvgIpc) is 3.06. The maximum atomic E-state index is 12.0. The number of carbonyl (C=O) groups excluding carboxylic acids is 3. The number of ketones is 1. The summed E-state index contributed by atoms with van der Waals surface area (Å²) in [5.41, 5.74) is -0.864. The minimum absolute atomic E-state index is 0.124. The third kappa shape index (κ3) is 1.94. The Balaban J connectivity index is 2.75. The number of likely N-dealkylation sites (N-methyl/N-ethyl adjacent to an activating group) is 1. The molecule has 1 atom stereocenters. The van der Waals surface area contributed by atoms with Crippen molar-refractivity contribution in [2.45, 2.75) is 32.7 Å². The molecular weight excluding hydrogens is 210 g/mol. The first-order valence-corrected chi connectivity index (χ1v) is 5.23. The number of amides is 1. The van der Waals surface area contributed by atoms with Gasteiger partial charge in [0.25, 0.3) is 0 Å². The predicted molar refractivity (Wildman–Crippen MR) is 56.6 cm³/mol. The number of rotatable bonds is 4. The molecule has 1 saturated carbocycles. The highest BCUT2D eigenvalue weighted by atomic mass is 16.5. The molecular formula is C11H17NO4. The largest absolute Gasteiger partial charge is 0.467 e. The lowest BCUT2D eigenvalue weighted by atomic mass is 10.00. The molecule has 0 aliphatic heterocycles. The second-order valence-corrected chi connectivity index (χ2v) is 4.25. The molecule has 0 radical (unpaired) electrons. The number of esters is 1. The van der Waals surface area contributed by atoms with Gasteiger partial charge in [-0.3, -0.25) is 9.59 Å². The molecule has 16 heavy (non-hydrogen) atoms. The van der Waals surface area contributed by atoms with Gasteiger partial charge in [-0.05, 0) is 26.7 Å². The fourth-order valence-corrected chi connectivity index (χ4v) is 1.68. The van der Waals surface area contributed by atoms with Gasteiger partial charge in [-0.2, -0.15) is 0 Å². The molecule has 0 aromatic rings. The Labute approximate surface area is 94.7 Å². The SMILES string of the molecule is COC(=O)[C@@H](C)N(C)C(=O)C1(C(C)=O)CC1. The maximum absolute atomic E-state index is 12.0. The topological polar surface area (TPSA) is 63.7 Å². The normalized spacial score (nSPS) is 18.5. The Morgan fingerprint density at radius 3 is 2.12 bits per heavy atom. The van der Waals surface area contributed by atoms with Crippen molar-refractivity contribution in [1.82, 2.24) is 4.90 Å². The van der Waals surface area contributed by atoms with Crippen molar-refractivity contribution in [2.24, 2.45) is 5.41 Å². The standard InChI is InChI=1S/C11H17NO4/c1-7(9(14)16-4)12(3)10(15)11(5-6-11)8(2)13/h7H,5-6H2,1-4H3/t7-/m1/s1. The Kier molecular flexibility index (Phi) is 3.35. The van der Waals surface area contributed by atoms with Gasteiger partial charge in [0.1, 0.15) is 17.2 Å². The van der Waals surface area contributed by atoms with Gasteiger partial charge < -0.3 is 9.64 Å². The Morgan fingerprint density at radius 2 is 1.81 bits per heavy atom. The minimum atomic E-state index is -0.864. The van der Waals surface area contributed by atoms with Crippen LogP contribution in [0, 0.1) is 5.41 Å². The number of nitrogens with zero attached hydrogens (tertiary/aromatic N) is 1. The zero-order chi connectivity index (χ0) is 12.5. The molecule has 1 aliphatic rings. The molecule has 0 spiro atoms. The van der Waals surface area contributed by atoms with E-state index in [9.17, 15) is 14.4 Å². The average molecular weight is 227 g/mol. The van der Waals surface area contributed by atoms with Gasteiger partial charge in [0.2, 0.25) is 5.91 Å². The number of Topliss-reactive ketones (excluding diaryl/α,β-unsaturated/α-hetero) is 1.